The van der Waals surface area contributed by atoms with E-state index in [9.17, 15) is 4.39 Å². The van der Waals surface area contributed by atoms with Crippen molar-refractivity contribution in [2.75, 3.05) is 0 Å². The lowest BCUT2D eigenvalue weighted by Crippen LogP contribution is -2.32. The van der Waals surface area contributed by atoms with Gasteiger partial charge in [0.05, 0.1) is 0 Å². The SMILES string of the molecule is OB(O)c1ccc(Br)cc1F. The minimum Gasteiger partial charge on any atom is -0.423 e. The third-order valence-corrected chi connectivity index (χ3v) is 1.73. The van der Waals surface area contributed by atoms with Crippen LogP contribution in [0.3, 0.4) is 0 Å². The van der Waals surface area contributed by atoms with Crippen LogP contribution in [0, 0.1) is 5.82 Å². The fraction of sp³-hybridized carbons (Fsp3) is 0. The molecule has 0 bridgehead atoms. The number of halogens is 2. The summed E-state index contributed by atoms with van der Waals surface area (Å²) in [5.41, 5.74) is -0.117. The molecule has 5 heteroatoms. The Hall–Kier alpha value is -0.385. The van der Waals surface area contributed by atoms with Crippen LogP contribution < -0.4 is 5.46 Å². The third-order valence-electron chi connectivity index (χ3n) is 1.24. The molecule has 0 aliphatic carbocycles. The molecular formula is C6H5BBrFO2. The molecule has 2 nitrogen and oxygen atoms in total. The largest absolute Gasteiger partial charge is 0.491 e. The summed E-state index contributed by atoms with van der Waals surface area (Å²) in [6, 6.07) is 4.02. The summed E-state index contributed by atoms with van der Waals surface area (Å²) in [4.78, 5) is 0. The van der Waals surface area contributed by atoms with Crippen molar-refractivity contribution in [3.63, 3.8) is 0 Å². The molecule has 0 spiro atoms. The second-order valence-corrected chi connectivity index (χ2v) is 2.96. The van der Waals surface area contributed by atoms with Gasteiger partial charge in [-0.25, -0.2) is 4.39 Å². The molecule has 0 saturated heterocycles. The monoisotopic (exact) mass is 218 g/mol. The van der Waals surface area contributed by atoms with E-state index < -0.39 is 12.9 Å². The normalized spacial score (nSPS) is 9.82. The Morgan fingerprint density at radius 1 is 1.36 bits per heavy atom. The highest BCUT2D eigenvalue weighted by Crippen LogP contribution is 2.08. The molecule has 0 aliphatic rings. The summed E-state index contributed by atoms with van der Waals surface area (Å²) in [6.07, 6.45) is 0. The van der Waals surface area contributed by atoms with Gasteiger partial charge in [0.2, 0.25) is 0 Å². The third kappa shape index (κ3) is 2.02. The molecule has 1 rings (SSSR count). The van der Waals surface area contributed by atoms with Gasteiger partial charge < -0.3 is 10.0 Å². The molecule has 1 aromatic rings. The summed E-state index contributed by atoms with van der Waals surface area (Å²) in [6.45, 7) is 0. The average molecular weight is 219 g/mol. The molecule has 0 aromatic heterocycles. The van der Waals surface area contributed by atoms with Crippen LogP contribution in [-0.2, 0) is 0 Å². The molecule has 1 aromatic carbocycles. The van der Waals surface area contributed by atoms with E-state index in [1.807, 2.05) is 0 Å². The van der Waals surface area contributed by atoms with Crippen LogP contribution >= 0.6 is 15.9 Å². The molecule has 0 heterocycles. The topological polar surface area (TPSA) is 40.5 Å². The Morgan fingerprint density at radius 3 is 2.45 bits per heavy atom. The summed E-state index contributed by atoms with van der Waals surface area (Å²) in [7, 11) is -1.75. The van der Waals surface area contributed by atoms with Gasteiger partial charge in [0.1, 0.15) is 5.82 Å². The summed E-state index contributed by atoms with van der Waals surface area (Å²) in [5, 5.41) is 17.2. The van der Waals surface area contributed by atoms with E-state index in [0.29, 0.717) is 4.47 Å². The van der Waals surface area contributed by atoms with Crippen molar-refractivity contribution >= 4 is 28.5 Å². The molecule has 0 atom stereocenters. The second kappa shape index (κ2) is 3.34. The van der Waals surface area contributed by atoms with Crippen molar-refractivity contribution in [3.8, 4) is 0 Å². The summed E-state index contributed by atoms with van der Waals surface area (Å²) in [5.74, 6) is -0.630. The molecular weight excluding hydrogens is 214 g/mol. The number of benzene rings is 1. The fourth-order valence-electron chi connectivity index (χ4n) is 0.711. The predicted octanol–water partition coefficient (Wildman–Crippen LogP) is 0.268. The fourth-order valence-corrected chi connectivity index (χ4v) is 1.04. The number of rotatable bonds is 1. The summed E-state index contributed by atoms with van der Waals surface area (Å²) < 4.78 is 13.3. The van der Waals surface area contributed by atoms with Gasteiger partial charge in [0.15, 0.2) is 0 Å². The Morgan fingerprint density at radius 2 is 2.00 bits per heavy atom. The Balaban J connectivity index is 3.09. The van der Waals surface area contributed by atoms with Crippen LogP contribution in [0.1, 0.15) is 0 Å². The van der Waals surface area contributed by atoms with Crippen LogP contribution in [0.25, 0.3) is 0 Å². The maximum Gasteiger partial charge on any atom is 0.491 e. The molecule has 11 heavy (non-hydrogen) atoms. The minimum atomic E-state index is -1.75. The molecule has 0 fully saturated rings. The van der Waals surface area contributed by atoms with Gasteiger partial charge in [-0.1, -0.05) is 22.0 Å². The van der Waals surface area contributed by atoms with Gasteiger partial charge in [-0.2, -0.15) is 0 Å². The zero-order valence-corrected chi connectivity index (χ0v) is 7.05. The first-order valence-corrected chi connectivity index (χ1v) is 3.71. The van der Waals surface area contributed by atoms with E-state index in [0.717, 1.165) is 0 Å². The van der Waals surface area contributed by atoms with Gasteiger partial charge in [-0.15, -0.1) is 0 Å². The lowest BCUT2D eigenvalue weighted by Gasteiger charge is -2.00. The van der Waals surface area contributed by atoms with Gasteiger partial charge in [-0.05, 0) is 12.1 Å². The molecule has 2 N–H and O–H groups in total. The number of hydrogen-bond acceptors (Lipinski definition) is 2. The molecule has 0 amide bonds. The van der Waals surface area contributed by atoms with E-state index in [-0.39, 0.29) is 5.46 Å². The number of hydrogen-bond donors (Lipinski definition) is 2. The summed E-state index contributed by atoms with van der Waals surface area (Å²) >= 11 is 3.04. The quantitative estimate of drug-likeness (QED) is 0.665. The van der Waals surface area contributed by atoms with E-state index in [1.54, 1.807) is 0 Å². The van der Waals surface area contributed by atoms with Gasteiger partial charge in [-0.3, -0.25) is 0 Å². The molecule has 0 saturated carbocycles. The van der Waals surface area contributed by atoms with Crippen molar-refractivity contribution in [1.29, 1.82) is 0 Å². The van der Waals surface area contributed by atoms with Crippen LogP contribution in [0.4, 0.5) is 4.39 Å². The molecule has 0 unspecified atom stereocenters. The molecule has 0 aliphatic heterocycles. The highest BCUT2D eigenvalue weighted by Gasteiger charge is 2.15. The predicted molar refractivity (Wildman–Crippen MR) is 43.9 cm³/mol. The van der Waals surface area contributed by atoms with Crippen molar-refractivity contribution in [2.45, 2.75) is 0 Å². The van der Waals surface area contributed by atoms with Crippen LogP contribution in [0.5, 0.6) is 0 Å². The highest BCUT2D eigenvalue weighted by atomic mass is 79.9. The standard InChI is InChI=1S/C6H5BBrFO2/c8-4-1-2-5(7(10)11)6(9)3-4/h1-3,10-11H. The first-order chi connectivity index (χ1) is 5.11. The van der Waals surface area contributed by atoms with Crippen LogP contribution in [0.2, 0.25) is 0 Å². The van der Waals surface area contributed by atoms with Crippen LogP contribution in [-0.4, -0.2) is 17.2 Å². The maximum absolute atomic E-state index is 12.8. The maximum atomic E-state index is 12.8. The van der Waals surface area contributed by atoms with Crippen molar-refractivity contribution in [2.24, 2.45) is 0 Å². The van der Waals surface area contributed by atoms with Gasteiger partial charge in [0.25, 0.3) is 0 Å². The van der Waals surface area contributed by atoms with Crippen molar-refractivity contribution in [3.05, 3.63) is 28.5 Å². The highest BCUT2D eigenvalue weighted by molar-refractivity contribution is 9.10. The van der Waals surface area contributed by atoms with Gasteiger partial charge in [0, 0.05) is 9.94 Å². The Bertz CT molecular complexity index is 267. The zero-order valence-electron chi connectivity index (χ0n) is 5.46. The lowest BCUT2D eigenvalue weighted by molar-refractivity contribution is 0.423. The van der Waals surface area contributed by atoms with Crippen LogP contribution in [0.15, 0.2) is 22.7 Å². The van der Waals surface area contributed by atoms with Crippen molar-refractivity contribution in [1.82, 2.24) is 0 Å². The second-order valence-electron chi connectivity index (χ2n) is 2.04. The Kier molecular flexibility index (Phi) is 2.65. The lowest BCUT2D eigenvalue weighted by atomic mass is 9.80. The van der Waals surface area contributed by atoms with E-state index >= 15 is 0 Å². The van der Waals surface area contributed by atoms with Crippen molar-refractivity contribution < 1.29 is 14.4 Å². The van der Waals surface area contributed by atoms with E-state index in [2.05, 4.69) is 15.9 Å². The Labute approximate surface area is 71.9 Å². The minimum absolute atomic E-state index is 0.117. The average Bonchev–Trinajstić information content (AvgIpc) is 1.85. The zero-order chi connectivity index (χ0) is 8.43. The molecule has 0 radical (unpaired) electrons. The van der Waals surface area contributed by atoms with E-state index in [4.69, 9.17) is 10.0 Å². The smallest absolute Gasteiger partial charge is 0.423 e. The molecule has 58 valence electrons. The van der Waals surface area contributed by atoms with Gasteiger partial charge >= 0.3 is 7.12 Å². The van der Waals surface area contributed by atoms with E-state index in [1.165, 1.54) is 18.2 Å². The first kappa shape index (κ1) is 8.71. The first-order valence-electron chi connectivity index (χ1n) is 2.92.